The highest BCUT2D eigenvalue weighted by Gasteiger charge is 2.53. The number of rotatable bonds is 13. The summed E-state index contributed by atoms with van der Waals surface area (Å²) in [5.74, 6) is -0.324. The number of piperazine rings is 1. The number of esters is 1. The van der Waals surface area contributed by atoms with Crippen LogP contribution in [0.3, 0.4) is 0 Å². The van der Waals surface area contributed by atoms with Gasteiger partial charge in [-0.2, -0.15) is 0 Å². The predicted octanol–water partition coefficient (Wildman–Crippen LogP) is 5.02. The molecule has 2 amide bonds. The minimum absolute atomic E-state index is 0.0160. The van der Waals surface area contributed by atoms with Crippen LogP contribution in [0.2, 0.25) is 0 Å². The summed E-state index contributed by atoms with van der Waals surface area (Å²) in [5, 5.41) is 3.01. The molecule has 7 heteroatoms. The lowest BCUT2D eigenvalue weighted by Crippen LogP contribution is -2.72. The first kappa shape index (κ1) is 29.6. The van der Waals surface area contributed by atoms with Crippen molar-refractivity contribution in [3.63, 3.8) is 0 Å². The van der Waals surface area contributed by atoms with Gasteiger partial charge >= 0.3 is 5.97 Å². The number of carbonyl (C=O) groups is 3. The Kier molecular flexibility index (Phi) is 11.2. The molecule has 0 aromatic heterocycles. The van der Waals surface area contributed by atoms with Crippen LogP contribution in [0.25, 0.3) is 0 Å². The van der Waals surface area contributed by atoms with E-state index < -0.39 is 11.6 Å². The van der Waals surface area contributed by atoms with E-state index in [-0.39, 0.29) is 30.3 Å². The Morgan fingerprint density at radius 3 is 2.41 bits per heavy atom. The van der Waals surface area contributed by atoms with Crippen molar-refractivity contribution in [1.29, 1.82) is 0 Å². The number of nitrogens with zero attached hydrogens (tertiary/aromatic N) is 2. The number of carbonyl (C=O) groups excluding carboxylic acids is 3. The Balaban J connectivity index is 1.20. The van der Waals surface area contributed by atoms with Crippen LogP contribution < -0.4 is 5.32 Å². The minimum atomic E-state index is -0.752. The third-order valence-electron chi connectivity index (χ3n) is 8.96. The molecule has 1 aliphatic carbocycles. The van der Waals surface area contributed by atoms with Crippen molar-refractivity contribution >= 4 is 17.8 Å². The fourth-order valence-corrected chi connectivity index (χ4v) is 6.62. The largest absolute Gasteiger partial charge is 0.462 e. The number of piperidine rings is 1. The van der Waals surface area contributed by atoms with E-state index in [0.717, 1.165) is 58.2 Å². The second-order valence-corrected chi connectivity index (χ2v) is 11.8. The maximum absolute atomic E-state index is 13.5. The zero-order valence-corrected chi connectivity index (χ0v) is 24.0. The average Bonchev–Trinajstić information content (AvgIpc) is 2.96. The topological polar surface area (TPSA) is 79.0 Å². The number of benzene rings is 1. The standard InChI is InChI=1S/C32H49N3O4/c1-2-22-35-30(37)28(18-19-29(36)39-27-16-10-6-11-17-27)33-31(38)32(35)20-24-34(25-21-32)23-12-4-3-7-13-26-14-8-5-9-15-26/h5,8-9,14-15,27-28H,2-4,6-7,10-13,16-25H2,1H3,(H,33,38)/t28-/m1/s1. The predicted molar refractivity (Wildman–Crippen MR) is 153 cm³/mol. The van der Waals surface area contributed by atoms with E-state index in [0.29, 0.717) is 25.8 Å². The monoisotopic (exact) mass is 539 g/mol. The van der Waals surface area contributed by atoms with Gasteiger partial charge in [-0.05, 0) is 82.7 Å². The Morgan fingerprint density at radius 1 is 0.974 bits per heavy atom. The van der Waals surface area contributed by atoms with Crippen LogP contribution in [0.4, 0.5) is 0 Å². The van der Waals surface area contributed by atoms with Gasteiger partial charge in [-0.3, -0.25) is 14.4 Å². The third-order valence-corrected chi connectivity index (χ3v) is 8.96. The molecule has 1 atom stereocenters. The Labute approximate surface area is 235 Å². The van der Waals surface area contributed by atoms with Crippen LogP contribution in [0.15, 0.2) is 30.3 Å². The number of hydrogen-bond acceptors (Lipinski definition) is 5. The molecule has 3 aliphatic rings. The molecule has 2 heterocycles. The smallest absolute Gasteiger partial charge is 0.306 e. The van der Waals surface area contributed by atoms with Gasteiger partial charge in [0.15, 0.2) is 0 Å². The molecule has 39 heavy (non-hydrogen) atoms. The van der Waals surface area contributed by atoms with Crippen LogP contribution in [0.1, 0.15) is 102 Å². The molecular formula is C32H49N3O4. The van der Waals surface area contributed by atoms with Crippen molar-refractivity contribution in [1.82, 2.24) is 15.1 Å². The number of likely N-dealkylation sites (tertiary alicyclic amines) is 1. The number of unbranched alkanes of at least 4 members (excludes halogenated alkanes) is 3. The summed E-state index contributed by atoms with van der Waals surface area (Å²) in [7, 11) is 0. The Hall–Kier alpha value is -2.41. The van der Waals surface area contributed by atoms with Gasteiger partial charge in [-0.25, -0.2) is 0 Å². The zero-order valence-electron chi connectivity index (χ0n) is 24.0. The molecule has 3 fully saturated rings. The van der Waals surface area contributed by atoms with Gasteiger partial charge in [0.25, 0.3) is 0 Å². The van der Waals surface area contributed by atoms with Gasteiger partial charge in [0.2, 0.25) is 11.8 Å². The van der Waals surface area contributed by atoms with Crippen molar-refractivity contribution in [2.45, 2.75) is 121 Å². The van der Waals surface area contributed by atoms with Crippen molar-refractivity contribution in [2.24, 2.45) is 0 Å². The summed E-state index contributed by atoms with van der Waals surface area (Å²) in [4.78, 5) is 43.8. The summed E-state index contributed by atoms with van der Waals surface area (Å²) >= 11 is 0. The van der Waals surface area contributed by atoms with Gasteiger partial charge in [-0.15, -0.1) is 0 Å². The lowest BCUT2D eigenvalue weighted by molar-refractivity contribution is -0.162. The van der Waals surface area contributed by atoms with E-state index in [1.54, 1.807) is 0 Å². The van der Waals surface area contributed by atoms with Crippen LogP contribution in [0.5, 0.6) is 0 Å². The maximum atomic E-state index is 13.5. The van der Waals surface area contributed by atoms with Gasteiger partial charge in [0.05, 0.1) is 0 Å². The molecule has 1 aromatic carbocycles. The average molecular weight is 540 g/mol. The summed E-state index contributed by atoms with van der Waals surface area (Å²) in [6.45, 7) is 5.36. The second-order valence-electron chi connectivity index (χ2n) is 11.8. The third kappa shape index (κ3) is 8.06. The molecule has 0 bridgehead atoms. The lowest BCUT2D eigenvalue weighted by atomic mass is 9.81. The van der Waals surface area contributed by atoms with Crippen molar-refractivity contribution in [2.75, 3.05) is 26.2 Å². The minimum Gasteiger partial charge on any atom is -0.462 e. The quantitative estimate of drug-likeness (QED) is 0.281. The fraction of sp³-hybridized carbons (Fsp3) is 0.719. The van der Waals surface area contributed by atoms with E-state index in [1.807, 2.05) is 4.90 Å². The zero-order chi connectivity index (χ0) is 27.5. The van der Waals surface area contributed by atoms with Gasteiger partial charge in [0.1, 0.15) is 17.7 Å². The molecule has 1 N–H and O–H groups in total. The van der Waals surface area contributed by atoms with E-state index in [1.165, 1.54) is 37.7 Å². The SMILES string of the molecule is CCCN1C(=O)[C@@H](CCC(=O)OC2CCCCC2)NC(=O)C12CCN(CCCCCCc1ccccc1)CC2. The van der Waals surface area contributed by atoms with Crippen LogP contribution >= 0.6 is 0 Å². The fourth-order valence-electron chi connectivity index (χ4n) is 6.62. The molecule has 1 aromatic rings. The van der Waals surface area contributed by atoms with Crippen molar-refractivity contribution in [3.8, 4) is 0 Å². The maximum Gasteiger partial charge on any atom is 0.306 e. The molecule has 7 nitrogen and oxygen atoms in total. The molecule has 216 valence electrons. The molecule has 0 unspecified atom stereocenters. The van der Waals surface area contributed by atoms with Crippen molar-refractivity contribution in [3.05, 3.63) is 35.9 Å². The highest BCUT2D eigenvalue weighted by Crippen LogP contribution is 2.34. The highest BCUT2D eigenvalue weighted by atomic mass is 16.5. The first-order valence-electron chi connectivity index (χ1n) is 15.6. The van der Waals surface area contributed by atoms with Crippen LogP contribution in [0, 0.1) is 0 Å². The van der Waals surface area contributed by atoms with Crippen LogP contribution in [-0.4, -0.2) is 71.4 Å². The summed E-state index contributed by atoms with van der Waals surface area (Å²) < 4.78 is 5.63. The molecule has 0 radical (unpaired) electrons. The van der Waals surface area contributed by atoms with Gasteiger partial charge in [-0.1, -0.05) is 56.5 Å². The molecule has 1 spiro atoms. The molecule has 1 saturated carbocycles. The second kappa shape index (κ2) is 14.8. The Morgan fingerprint density at radius 2 is 1.69 bits per heavy atom. The Bertz CT molecular complexity index is 923. The van der Waals surface area contributed by atoms with Crippen LogP contribution in [-0.2, 0) is 25.5 Å². The normalized spacial score (nSPS) is 22.2. The summed E-state index contributed by atoms with van der Waals surface area (Å²) in [6.07, 6.45) is 13.9. The van der Waals surface area contributed by atoms with E-state index in [9.17, 15) is 14.4 Å². The first-order chi connectivity index (χ1) is 19.0. The molecule has 2 saturated heterocycles. The highest BCUT2D eigenvalue weighted by molar-refractivity contribution is 6.00. The van der Waals surface area contributed by atoms with E-state index in [2.05, 4.69) is 47.5 Å². The van der Waals surface area contributed by atoms with Crippen molar-refractivity contribution < 1.29 is 19.1 Å². The first-order valence-corrected chi connectivity index (χ1v) is 15.6. The van der Waals surface area contributed by atoms with Gasteiger partial charge < -0.3 is 19.9 Å². The summed E-state index contributed by atoms with van der Waals surface area (Å²) in [6, 6.07) is 10.0. The number of hydrogen-bond donors (Lipinski definition) is 1. The molecular weight excluding hydrogens is 490 g/mol. The number of nitrogens with one attached hydrogen (secondary N) is 1. The lowest BCUT2D eigenvalue weighted by Gasteiger charge is -2.51. The molecule has 2 aliphatic heterocycles. The van der Waals surface area contributed by atoms with E-state index in [4.69, 9.17) is 4.74 Å². The number of aryl methyl sites for hydroxylation is 1. The number of amides is 2. The summed E-state index contributed by atoms with van der Waals surface area (Å²) in [5.41, 5.74) is 0.663. The molecule has 4 rings (SSSR count). The van der Waals surface area contributed by atoms with E-state index >= 15 is 0 Å². The van der Waals surface area contributed by atoms with Gasteiger partial charge in [0, 0.05) is 26.1 Å². The number of ether oxygens (including phenoxy) is 1.